The Morgan fingerprint density at radius 3 is 1.31 bits per heavy atom. The third-order valence-electron chi connectivity index (χ3n) is 8.45. The van der Waals surface area contributed by atoms with Crippen LogP contribution in [0.25, 0.3) is 0 Å². The first-order valence-electron chi connectivity index (χ1n) is 17.3. The van der Waals surface area contributed by atoms with Crippen molar-refractivity contribution in [2.45, 2.75) is 136 Å². The second-order valence-corrected chi connectivity index (χ2v) is 17.2. The Labute approximate surface area is 303 Å². The standard InChI is InChI=1S/C37H54N6O6S2/c1-25(2)42(26(3)4)34(38-50(46,47)32-16-12-29(9)13-17-32)20-22-40-24-31(11)36(44)41(37(40)45)23-21-35(43(27(5)6)28(7)8)39-51(48,49)33-18-14-30(10)15-19-33/h12-19,24-28H,20-23H2,1-11H3/b38-34+,39-35+. The van der Waals surface area contributed by atoms with Gasteiger partial charge in [0.2, 0.25) is 0 Å². The number of sulfonamides is 2. The summed E-state index contributed by atoms with van der Waals surface area (Å²) in [7, 11) is -8.17. The van der Waals surface area contributed by atoms with E-state index >= 15 is 0 Å². The highest BCUT2D eigenvalue weighted by molar-refractivity contribution is 7.90. The molecule has 0 amide bonds. The van der Waals surface area contributed by atoms with E-state index in [9.17, 15) is 26.4 Å². The summed E-state index contributed by atoms with van der Waals surface area (Å²) in [6.45, 7) is 20.7. The van der Waals surface area contributed by atoms with E-state index in [1.165, 1.54) is 35.0 Å². The Hall–Kier alpha value is -4.04. The molecule has 0 aliphatic carbocycles. The van der Waals surface area contributed by atoms with Gasteiger partial charge in [0.15, 0.2) is 0 Å². The topological polar surface area (TPSA) is 143 Å². The lowest BCUT2D eigenvalue weighted by molar-refractivity contribution is 0.284. The van der Waals surface area contributed by atoms with Gasteiger partial charge in [-0.25, -0.2) is 4.79 Å². The molecule has 0 N–H and O–H groups in total. The molecule has 12 nitrogen and oxygen atoms in total. The zero-order valence-corrected chi connectivity index (χ0v) is 33.4. The largest absolute Gasteiger partial charge is 0.354 e. The number of benzene rings is 2. The molecular weight excluding hydrogens is 689 g/mol. The fraction of sp³-hybridized carbons (Fsp3) is 0.514. The Bertz CT molecular complexity index is 2040. The van der Waals surface area contributed by atoms with Gasteiger partial charge in [0.1, 0.15) is 11.7 Å². The van der Waals surface area contributed by atoms with E-state index in [0.29, 0.717) is 11.4 Å². The third-order valence-corrected chi connectivity index (χ3v) is 11.1. The van der Waals surface area contributed by atoms with Crippen LogP contribution in [0.15, 0.2) is 82.9 Å². The number of aryl methyl sites for hydroxylation is 4. The van der Waals surface area contributed by atoms with Gasteiger partial charge in [-0.3, -0.25) is 13.9 Å². The Balaban J connectivity index is 2.06. The van der Waals surface area contributed by atoms with Crippen LogP contribution < -0.4 is 11.2 Å². The van der Waals surface area contributed by atoms with Gasteiger partial charge in [-0.15, -0.1) is 8.80 Å². The van der Waals surface area contributed by atoms with Crippen molar-refractivity contribution in [3.05, 3.63) is 92.3 Å². The van der Waals surface area contributed by atoms with Gasteiger partial charge in [0.05, 0.1) is 9.79 Å². The van der Waals surface area contributed by atoms with E-state index < -0.39 is 31.3 Å². The predicted octanol–water partition coefficient (Wildman–Crippen LogP) is 5.53. The maximum atomic E-state index is 13.9. The van der Waals surface area contributed by atoms with Crippen LogP contribution in [0.5, 0.6) is 0 Å². The minimum absolute atomic E-state index is 0.00394. The van der Waals surface area contributed by atoms with Gasteiger partial charge in [-0.1, -0.05) is 35.4 Å². The number of hydrogen-bond donors (Lipinski definition) is 0. The van der Waals surface area contributed by atoms with Crippen LogP contribution in [0.1, 0.15) is 84.9 Å². The Morgan fingerprint density at radius 2 is 0.961 bits per heavy atom. The van der Waals surface area contributed by atoms with E-state index in [1.807, 2.05) is 79.0 Å². The monoisotopic (exact) mass is 742 g/mol. The molecule has 0 saturated carbocycles. The second kappa shape index (κ2) is 17.0. The molecule has 0 radical (unpaired) electrons. The van der Waals surface area contributed by atoms with Crippen LogP contribution in [-0.2, 0) is 33.1 Å². The SMILES string of the molecule is Cc1ccc(S(=O)(=O)/N=C(\CCn2cc(C)c(=O)n(CC/C(=N\S(=O)(=O)c3ccc(C)cc3)N(C(C)C)C(C)C)c2=O)N(C(C)C)C(C)C)cc1. The molecule has 0 unspecified atom stereocenters. The van der Waals surface area contributed by atoms with Gasteiger partial charge in [-0.2, -0.15) is 16.8 Å². The van der Waals surface area contributed by atoms with E-state index in [0.717, 1.165) is 15.7 Å². The van der Waals surface area contributed by atoms with Gasteiger partial charge in [0, 0.05) is 61.9 Å². The molecule has 3 rings (SSSR count). The molecule has 0 aliphatic rings. The van der Waals surface area contributed by atoms with Crippen LogP contribution in [0.4, 0.5) is 0 Å². The van der Waals surface area contributed by atoms with Crippen molar-refractivity contribution in [2.24, 2.45) is 8.80 Å². The second-order valence-electron chi connectivity index (χ2n) is 14.0. The van der Waals surface area contributed by atoms with Crippen LogP contribution in [0.3, 0.4) is 0 Å². The fourth-order valence-corrected chi connectivity index (χ4v) is 8.32. The molecular formula is C37H54N6O6S2. The summed E-state index contributed by atoms with van der Waals surface area (Å²) in [4.78, 5) is 31.2. The van der Waals surface area contributed by atoms with Gasteiger partial charge < -0.3 is 9.80 Å². The molecule has 0 atom stereocenters. The number of nitrogens with zero attached hydrogens (tertiary/aromatic N) is 6. The summed E-state index contributed by atoms with van der Waals surface area (Å²) in [5.41, 5.74) is 1.03. The molecule has 14 heteroatoms. The van der Waals surface area contributed by atoms with Crippen molar-refractivity contribution in [3.63, 3.8) is 0 Å². The molecule has 0 saturated heterocycles. The number of aromatic nitrogens is 2. The van der Waals surface area contributed by atoms with Crippen LogP contribution >= 0.6 is 0 Å². The van der Waals surface area contributed by atoms with Gasteiger partial charge in [-0.05, 0) is 100 Å². The molecule has 280 valence electrons. The summed E-state index contributed by atoms with van der Waals surface area (Å²) in [6.07, 6.45) is 1.55. The first-order valence-corrected chi connectivity index (χ1v) is 20.2. The zero-order valence-electron chi connectivity index (χ0n) is 31.8. The summed E-state index contributed by atoms with van der Waals surface area (Å²) < 4.78 is 64.8. The first kappa shape index (κ1) is 41.4. The molecule has 0 fully saturated rings. The number of rotatable bonds is 14. The number of amidine groups is 2. The highest BCUT2D eigenvalue weighted by Crippen LogP contribution is 2.19. The van der Waals surface area contributed by atoms with E-state index in [1.54, 1.807) is 31.2 Å². The molecule has 0 bridgehead atoms. The molecule has 1 aromatic heterocycles. The average molecular weight is 743 g/mol. The predicted molar refractivity (Wildman–Crippen MR) is 205 cm³/mol. The molecule has 2 aromatic carbocycles. The highest BCUT2D eigenvalue weighted by atomic mass is 32.2. The average Bonchev–Trinajstić information content (AvgIpc) is 3.01. The first-order chi connectivity index (χ1) is 23.7. The molecule has 3 aromatic rings. The van der Waals surface area contributed by atoms with Crippen molar-refractivity contribution in [2.75, 3.05) is 0 Å². The Morgan fingerprint density at radius 1 is 0.608 bits per heavy atom. The lowest BCUT2D eigenvalue weighted by Crippen LogP contribution is -2.46. The highest BCUT2D eigenvalue weighted by Gasteiger charge is 2.25. The van der Waals surface area contributed by atoms with Crippen LogP contribution in [-0.4, -0.2) is 71.6 Å². The maximum Gasteiger partial charge on any atom is 0.330 e. The maximum absolute atomic E-state index is 13.9. The lowest BCUT2D eigenvalue weighted by Gasteiger charge is -2.34. The van der Waals surface area contributed by atoms with Crippen LogP contribution in [0.2, 0.25) is 0 Å². The van der Waals surface area contributed by atoms with Crippen molar-refractivity contribution >= 4 is 31.7 Å². The summed E-state index contributed by atoms with van der Waals surface area (Å²) >= 11 is 0. The Kier molecular flexibility index (Phi) is 13.8. The zero-order chi connectivity index (χ0) is 38.4. The van der Waals surface area contributed by atoms with Crippen LogP contribution in [0, 0.1) is 20.8 Å². The van der Waals surface area contributed by atoms with Gasteiger partial charge in [0.25, 0.3) is 25.6 Å². The summed E-state index contributed by atoms with van der Waals surface area (Å²) in [5.74, 6) is 0.531. The summed E-state index contributed by atoms with van der Waals surface area (Å²) in [5, 5.41) is 0. The van der Waals surface area contributed by atoms with E-state index in [2.05, 4.69) is 8.80 Å². The molecule has 51 heavy (non-hydrogen) atoms. The molecule has 0 spiro atoms. The van der Waals surface area contributed by atoms with Crippen molar-refractivity contribution in [1.82, 2.24) is 18.9 Å². The fourth-order valence-electron chi connectivity index (χ4n) is 6.22. The van der Waals surface area contributed by atoms with Crippen molar-refractivity contribution in [1.29, 1.82) is 0 Å². The van der Waals surface area contributed by atoms with Crippen molar-refractivity contribution < 1.29 is 16.8 Å². The lowest BCUT2D eigenvalue weighted by atomic mass is 10.2. The quantitative estimate of drug-likeness (QED) is 0.155. The minimum Gasteiger partial charge on any atom is -0.354 e. The van der Waals surface area contributed by atoms with E-state index in [4.69, 9.17) is 0 Å². The van der Waals surface area contributed by atoms with E-state index in [-0.39, 0.29) is 65.7 Å². The summed E-state index contributed by atoms with van der Waals surface area (Å²) in [6, 6.07) is 12.5. The number of hydrogen-bond acceptors (Lipinski definition) is 6. The minimum atomic E-state index is -4.10. The molecule has 0 aliphatic heterocycles. The van der Waals surface area contributed by atoms with Gasteiger partial charge >= 0.3 is 5.69 Å². The molecule has 1 heterocycles. The normalized spacial score (nSPS) is 13.2. The smallest absolute Gasteiger partial charge is 0.330 e. The van der Waals surface area contributed by atoms with Crippen molar-refractivity contribution in [3.8, 4) is 0 Å². The third kappa shape index (κ3) is 10.5.